The first-order valence-electron chi connectivity index (χ1n) is 14.5. The van der Waals surface area contributed by atoms with Crippen LogP contribution in [0.15, 0.2) is 12.1 Å². The monoisotopic (exact) mass is 531 g/mol. The molecule has 1 aromatic heterocycles. The smallest absolute Gasteiger partial charge is 0.186 e. The van der Waals surface area contributed by atoms with E-state index in [9.17, 15) is 18.7 Å². The van der Waals surface area contributed by atoms with Gasteiger partial charge in [-0.15, -0.1) is 5.10 Å². The van der Waals surface area contributed by atoms with Gasteiger partial charge in [-0.25, -0.2) is 13.5 Å². The SMILES string of the molecule is COCCCCC(C)(O)C[C@H]1CC[C@@H]2[C@H](CC[C@]3(C)[C@@H](C(=O)Cn4nnc5ccc(F)c(F)c54)CC[C@@H]23)C1. The van der Waals surface area contributed by atoms with Crippen molar-refractivity contribution in [3.8, 4) is 0 Å². The van der Waals surface area contributed by atoms with Crippen LogP contribution in [0.5, 0.6) is 0 Å². The molecule has 1 N–H and O–H groups in total. The molecule has 0 amide bonds. The Morgan fingerprint density at radius 2 is 2.03 bits per heavy atom. The summed E-state index contributed by atoms with van der Waals surface area (Å²) in [7, 11) is 1.72. The summed E-state index contributed by atoms with van der Waals surface area (Å²) in [6, 6.07) is 2.44. The van der Waals surface area contributed by atoms with E-state index in [1.54, 1.807) is 7.11 Å². The van der Waals surface area contributed by atoms with E-state index in [0.29, 0.717) is 23.7 Å². The number of methoxy groups -OCH3 is 1. The number of benzene rings is 1. The van der Waals surface area contributed by atoms with E-state index in [4.69, 9.17) is 4.74 Å². The second-order valence-corrected chi connectivity index (χ2v) is 13.0. The fourth-order valence-electron chi connectivity index (χ4n) is 8.63. The summed E-state index contributed by atoms with van der Waals surface area (Å²) in [6.07, 6.45) is 11.2. The summed E-state index contributed by atoms with van der Waals surface area (Å²) >= 11 is 0. The van der Waals surface area contributed by atoms with Gasteiger partial charge in [0, 0.05) is 19.6 Å². The van der Waals surface area contributed by atoms with Crippen molar-refractivity contribution in [1.29, 1.82) is 0 Å². The molecule has 1 unspecified atom stereocenters. The van der Waals surface area contributed by atoms with Crippen LogP contribution >= 0.6 is 0 Å². The Morgan fingerprint density at radius 3 is 2.82 bits per heavy atom. The standard InChI is InChI=1S/C30H43F2N3O3/c1-29(37,13-4-5-15-38-3)17-19-6-7-21-20(16-19)12-14-30(2)22(21)8-9-23(30)26(36)18-35-28-25(33-34-35)11-10-24(31)27(28)32/h10-11,19-23,37H,4-9,12-18H2,1-3H3/t19-,20+,21+,22-,23+,29?,30-/m0/s1. The minimum absolute atomic E-state index is 0.0327. The van der Waals surface area contributed by atoms with E-state index in [1.165, 1.54) is 23.6 Å². The molecule has 6 nitrogen and oxygen atoms in total. The van der Waals surface area contributed by atoms with Crippen LogP contribution in [0.1, 0.15) is 84.5 Å². The highest BCUT2D eigenvalue weighted by Gasteiger charge is 2.56. The van der Waals surface area contributed by atoms with Gasteiger partial charge in [0.05, 0.1) is 5.60 Å². The molecule has 3 saturated carbocycles. The zero-order valence-corrected chi connectivity index (χ0v) is 23.1. The highest BCUT2D eigenvalue weighted by atomic mass is 19.2. The molecule has 3 aliphatic rings. The number of hydrogen-bond donors (Lipinski definition) is 1. The van der Waals surface area contributed by atoms with Crippen LogP contribution in [-0.2, 0) is 16.1 Å². The summed E-state index contributed by atoms with van der Waals surface area (Å²) in [5.41, 5.74) is -0.446. The lowest BCUT2D eigenvalue weighted by atomic mass is 9.53. The lowest BCUT2D eigenvalue weighted by Gasteiger charge is -2.52. The number of halogens is 2. The second-order valence-electron chi connectivity index (χ2n) is 13.0. The molecule has 0 radical (unpaired) electrons. The van der Waals surface area contributed by atoms with Gasteiger partial charge >= 0.3 is 0 Å². The van der Waals surface area contributed by atoms with E-state index >= 15 is 0 Å². The minimum atomic E-state index is -0.998. The lowest BCUT2D eigenvalue weighted by molar-refractivity contribution is -0.130. The summed E-state index contributed by atoms with van der Waals surface area (Å²) in [4.78, 5) is 13.6. The predicted octanol–water partition coefficient (Wildman–Crippen LogP) is 6.10. The summed E-state index contributed by atoms with van der Waals surface area (Å²) < 4.78 is 34.7. The van der Waals surface area contributed by atoms with Crippen molar-refractivity contribution in [2.75, 3.05) is 13.7 Å². The Morgan fingerprint density at radius 1 is 1.21 bits per heavy atom. The summed E-state index contributed by atoms with van der Waals surface area (Å²) in [5.74, 6) is 0.400. The van der Waals surface area contributed by atoms with E-state index in [-0.39, 0.29) is 34.7 Å². The Hall–Kier alpha value is -1.93. The molecule has 3 aliphatic carbocycles. The minimum Gasteiger partial charge on any atom is -0.390 e. The Balaban J connectivity index is 1.21. The molecular weight excluding hydrogens is 488 g/mol. The van der Waals surface area contributed by atoms with Crippen LogP contribution in [0, 0.1) is 46.6 Å². The number of rotatable bonds is 10. The van der Waals surface area contributed by atoms with Crippen molar-refractivity contribution in [3.05, 3.63) is 23.8 Å². The van der Waals surface area contributed by atoms with Gasteiger partial charge in [0.2, 0.25) is 0 Å². The van der Waals surface area contributed by atoms with Gasteiger partial charge < -0.3 is 9.84 Å². The van der Waals surface area contributed by atoms with Crippen molar-refractivity contribution in [2.24, 2.45) is 35.0 Å². The molecule has 8 heteroatoms. The molecule has 2 aromatic rings. The molecule has 7 atom stereocenters. The third-order valence-electron chi connectivity index (χ3n) is 10.4. The zero-order valence-electron chi connectivity index (χ0n) is 23.1. The fourth-order valence-corrected chi connectivity index (χ4v) is 8.63. The van der Waals surface area contributed by atoms with E-state index in [0.717, 1.165) is 70.5 Å². The number of ketones is 1. The van der Waals surface area contributed by atoms with E-state index < -0.39 is 17.2 Å². The maximum absolute atomic E-state index is 14.5. The van der Waals surface area contributed by atoms with Crippen molar-refractivity contribution in [2.45, 2.75) is 96.6 Å². The highest BCUT2D eigenvalue weighted by Crippen LogP contribution is 2.62. The summed E-state index contributed by atoms with van der Waals surface area (Å²) in [5, 5.41) is 18.9. The van der Waals surface area contributed by atoms with Crippen LogP contribution in [-0.4, -0.2) is 45.2 Å². The van der Waals surface area contributed by atoms with Gasteiger partial charge in [-0.05, 0) is 112 Å². The molecule has 210 valence electrons. The number of carbonyl (C=O) groups excluding carboxylic acids is 1. The van der Waals surface area contributed by atoms with Gasteiger partial charge in [0.15, 0.2) is 17.4 Å². The van der Waals surface area contributed by atoms with Gasteiger partial charge in [-0.3, -0.25) is 4.79 Å². The number of carbonyl (C=O) groups is 1. The van der Waals surface area contributed by atoms with Crippen molar-refractivity contribution >= 4 is 16.8 Å². The maximum atomic E-state index is 14.5. The number of nitrogens with zero attached hydrogens (tertiary/aromatic N) is 3. The second kappa shape index (κ2) is 10.9. The Bertz CT molecular complexity index is 1150. The highest BCUT2D eigenvalue weighted by molar-refractivity contribution is 5.84. The molecule has 0 saturated heterocycles. The number of Topliss-reactive ketones (excluding diaryl/α,β-unsaturated/α-hetero) is 1. The van der Waals surface area contributed by atoms with E-state index in [2.05, 4.69) is 17.2 Å². The third kappa shape index (κ3) is 5.27. The number of hydrogen-bond acceptors (Lipinski definition) is 5. The van der Waals surface area contributed by atoms with Crippen LogP contribution in [0.3, 0.4) is 0 Å². The van der Waals surface area contributed by atoms with Gasteiger partial charge in [-0.1, -0.05) is 18.6 Å². The summed E-state index contributed by atoms with van der Waals surface area (Å²) in [6.45, 7) is 4.97. The quantitative estimate of drug-likeness (QED) is 0.375. The molecule has 1 heterocycles. The number of aliphatic hydroxyl groups is 1. The largest absolute Gasteiger partial charge is 0.390 e. The van der Waals surface area contributed by atoms with Crippen molar-refractivity contribution in [1.82, 2.24) is 15.0 Å². The molecular formula is C30H43F2N3O3. The lowest BCUT2D eigenvalue weighted by Crippen LogP contribution is -2.46. The van der Waals surface area contributed by atoms with Gasteiger partial charge in [-0.2, -0.15) is 0 Å². The zero-order chi connectivity index (χ0) is 27.1. The molecule has 5 rings (SSSR count). The normalized spacial score (nSPS) is 32.6. The van der Waals surface area contributed by atoms with Crippen LogP contribution in [0.25, 0.3) is 11.0 Å². The Labute approximate surface area is 224 Å². The van der Waals surface area contributed by atoms with Gasteiger partial charge in [0.25, 0.3) is 0 Å². The molecule has 38 heavy (non-hydrogen) atoms. The fraction of sp³-hybridized carbons (Fsp3) is 0.767. The number of unbranched alkanes of at least 4 members (excludes halogenated alkanes) is 1. The molecule has 1 aromatic carbocycles. The number of ether oxygens (including phenoxy) is 1. The number of fused-ring (bicyclic) bond motifs is 4. The first kappa shape index (κ1) is 27.6. The Kier molecular flexibility index (Phi) is 7.94. The molecule has 0 bridgehead atoms. The van der Waals surface area contributed by atoms with Crippen LogP contribution in [0.4, 0.5) is 8.78 Å². The first-order valence-corrected chi connectivity index (χ1v) is 14.5. The maximum Gasteiger partial charge on any atom is 0.186 e. The average Bonchev–Trinajstić information content (AvgIpc) is 3.45. The molecule has 0 spiro atoms. The molecule has 3 fully saturated rings. The predicted molar refractivity (Wildman–Crippen MR) is 141 cm³/mol. The van der Waals surface area contributed by atoms with Crippen molar-refractivity contribution < 1.29 is 23.4 Å². The topological polar surface area (TPSA) is 77.2 Å². The van der Waals surface area contributed by atoms with E-state index in [1.807, 2.05) is 6.92 Å². The first-order chi connectivity index (χ1) is 18.1. The number of aromatic nitrogens is 3. The van der Waals surface area contributed by atoms with Gasteiger partial charge in [0.1, 0.15) is 17.6 Å². The third-order valence-corrected chi connectivity index (χ3v) is 10.4. The molecule has 0 aliphatic heterocycles. The average molecular weight is 532 g/mol. The van der Waals surface area contributed by atoms with Crippen LogP contribution < -0.4 is 0 Å². The van der Waals surface area contributed by atoms with Crippen LogP contribution in [0.2, 0.25) is 0 Å². The van der Waals surface area contributed by atoms with Crippen molar-refractivity contribution in [3.63, 3.8) is 0 Å².